The number of ketones is 1. The van der Waals surface area contributed by atoms with Gasteiger partial charge in [-0.1, -0.05) is 23.7 Å². The Morgan fingerprint density at radius 1 is 1.04 bits per heavy atom. The zero-order chi connectivity index (χ0) is 20.4. The van der Waals surface area contributed by atoms with E-state index in [4.69, 9.17) is 21.1 Å². The normalized spacial score (nSPS) is 10.2. The van der Waals surface area contributed by atoms with Gasteiger partial charge in [-0.05, 0) is 48.9 Å². The fourth-order valence-electron chi connectivity index (χ4n) is 2.33. The van der Waals surface area contributed by atoms with Crippen LogP contribution in [0.25, 0.3) is 0 Å². The molecule has 0 aromatic heterocycles. The first-order chi connectivity index (χ1) is 13.4. The SMILES string of the molecule is Cc1cccc(OCCNC(=O)COC(=O)CCC(=O)c2ccc(Cl)cc2)c1. The molecule has 0 bridgehead atoms. The van der Waals surface area contributed by atoms with Crippen molar-refractivity contribution in [2.45, 2.75) is 19.8 Å². The van der Waals surface area contributed by atoms with E-state index in [2.05, 4.69) is 5.32 Å². The Labute approximate surface area is 168 Å². The number of Topliss-reactive ketones (excluding diaryl/α,β-unsaturated/α-hetero) is 1. The molecule has 148 valence electrons. The standard InChI is InChI=1S/C21H22ClNO5/c1-15-3-2-4-18(13-15)27-12-11-23-20(25)14-28-21(26)10-9-19(24)16-5-7-17(22)8-6-16/h2-8,13H,9-12,14H2,1H3,(H,23,25). The van der Waals surface area contributed by atoms with Gasteiger partial charge in [-0.2, -0.15) is 0 Å². The Kier molecular flexibility index (Phi) is 8.49. The Hall–Kier alpha value is -2.86. The summed E-state index contributed by atoms with van der Waals surface area (Å²) in [5.74, 6) is -0.490. The third-order valence-corrected chi connectivity index (χ3v) is 4.02. The average Bonchev–Trinajstić information content (AvgIpc) is 2.68. The van der Waals surface area contributed by atoms with E-state index >= 15 is 0 Å². The van der Waals surface area contributed by atoms with Crippen molar-refractivity contribution in [3.05, 3.63) is 64.7 Å². The lowest BCUT2D eigenvalue weighted by Crippen LogP contribution is -2.32. The van der Waals surface area contributed by atoms with Crippen LogP contribution < -0.4 is 10.1 Å². The van der Waals surface area contributed by atoms with Gasteiger partial charge in [0, 0.05) is 17.0 Å². The van der Waals surface area contributed by atoms with Crippen LogP contribution in [0.3, 0.4) is 0 Å². The van der Waals surface area contributed by atoms with E-state index in [9.17, 15) is 14.4 Å². The van der Waals surface area contributed by atoms with Gasteiger partial charge < -0.3 is 14.8 Å². The largest absolute Gasteiger partial charge is 0.492 e. The van der Waals surface area contributed by atoms with Crippen molar-refractivity contribution < 1.29 is 23.9 Å². The average molecular weight is 404 g/mol. The van der Waals surface area contributed by atoms with E-state index < -0.39 is 18.5 Å². The highest BCUT2D eigenvalue weighted by Crippen LogP contribution is 2.12. The summed E-state index contributed by atoms with van der Waals surface area (Å²) in [5, 5.41) is 3.13. The van der Waals surface area contributed by atoms with Gasteiger partial charge >= 0.3 is 5.97 Å². The van der Waals surface area contributed by atoms with Crippen LogP contribution in [0.15, 0.2) is 48.5 Å². The first-order valence-corrected chi connectivity index (χ1v) is 9.22. The van der Waals surface area contributed by atoms with Gasteiger partial charge in [0.25, 0.3) is 5.91 Å². The number of esters is 1. The van der Waals surface area contributed by atoms with E-state index in [0.717, 1.165) is 11.3 Å². The van der Waals surface area contributed by atoms with Crippen molar-refractivity contribution >= 4 is 29.3 Å². The smallest absolute Gasteiger partial charge is 0.306 e. The van der Waals surface area contributed by atoms with Crippen molar-refractivity contribution in [1.82, 2.24) is 5.32 Å². The molecule has 7 heteroatoms. The molecule has 0 aliphatic carbocycles. The van der Waals surface area contributed by atoms with Crippen molar-refractivity contribution in [2.75, 3.05) is 19.8 Å². The minimum absolute atomic E-state index is 0.00637. The van der Waals surface area contributed by atoms with Crippen molar-refractivity contribution in [3.63, 3.8) is 0 Å². The quantitative estimate of drug-likeness (QED) is 0.374. The van der Waals surface area contributed by atoms with Crippen LogP contribution in [0.5, 0.6) is 5.75 Å². The van der Waals surface area contributed by atoms with Crippen LogP contribution in [-0.2, 0) is 14.3 Å². The molecule has 2 aromatic rings. The third kappa shape index (κ3) is 7.80. The number of benzene rings is 2. The molecular weight excluding hydrogens is 382 g/mol. The minimum atomic E-state index is -0.603. The summed E-state index contributed by atoms with van der Waals surface area (Å²) in [5.41, 5.74) is 1.56. The molecule has 28 heavy (non-hydrogen) atoms. The van der Waals surface area contributed by atoms with Crippen LogP contribution in [0.4, 0.5) is 0 Å². The molecular formula is C21H22ClNO5. The summed E-state index contributed by atoms with van der Waals surface area (Å²) in [6.07, 6.45) is -0.0857. The topological polar surface area (TPSA) is 81.7 Å². The first kappa shape index (κ1) is 21.4. The number of ether oxygens (including phenoxy) is 2. The fourth-order valence-corrected chi connectivity index (χ4v) is 2.46. The number of amides is 1. The number of hydrogen-bond donors (Lipinski definition) is 1. The second kappa shape index (κ2) is 11.1. The number of carbonyl (C=O) groups excluding carboxylic acids is 3. The van der Waals surface area contributed by atoms with Gasteiger partial charge in [0.05, 0.1) is 13.0 Å². The minimum Gasteiger partial charge on any atom is -0.492 e. The predicted molar refractivity (Wildman–Crippen MR) is 106 cm³/mol. The molecule has 2 rings (SSSR count). The molecule has 0 aliphatic heterocycles. The van der Waals surface area contributed by atoms with Crippen LogP contribution in [0.1, 0.15) is 28.8 Å². The van der Waals surface area contributed by atoms with Crippen molar-refractivity contribution in [1.29, 1.82) is 0 Å². The summed E-state index contributed by atoms with van der Waals surface area (Å²) < 4.78 is 10.4. The Balaban J connectivity index is 1.58. The summed E-state index contributed by atoms with van der Waals surface area (Å²) in [4.78, 5) is 35.3. The highest BCUT2D eigenvalue weighted by molar-refractivity contribution is 6.30. The van der Waals surface area contributed by atoms with E-state index in [1.165, 1.54) is 0 Å². The molecule has 2 aromatic carbocycles. The molecule has 0 saturated heterocycles. The third-order valence-electron chi connectivity index (χ3n) is 3.77. The van der Waals surface area contributed by atoms with Crippen LogP contribution in [-0.4, -0.2) is 37.4 Å². The highest BCUT2D eigenvalue weighted by atomic mass is 35.5. The van der Waals surface area contributed by atoms with E-state index in [1.807, 2.05) is 31.2 Å². The Bertz CT molecular complexity index is 820. The molecule has 1 amide bonds. The molecule has 0 fully saturated rings. The summed E-state index contributed by atoms with van der Waals surface area (Å²) >= 11 is 5.77. The number of nitrogens with one attached hydrogen (secondary N) is 1. The monoisotopic (exact) mass is 403 g/mol. The Morgan fingerprint density at radius 2 is 1.79 bits per heavy atom. The lowest BCUT2D eigenvalue weighted by Gasteiger charge is -2.09. The van der Waals surface area contributed by atoms with Crippen molar-refractivity contribution in [2.24, 2.45) is 0 Å². The molecule has 0 radical (unpaired) electrons. The lowest BCUT2D eigenvalue weighted by molar-refractivity contribution is -0.148. The maximum absolute atomic E-state index is 12.0. The molecule has 0 aliphatic rings. The molecule has 6 nitrogen and oxygen atoms in total. The zero-order valence-corrected chi connectivity index (χ0v) is 16.3. The van der Waals surface area contributed by atoms with Gasteiger partial charge in [0.15, 0.2) is 12.4 Å². The van der Waals surface area contributed by atoms with Crippen LogP contribution in [0, 0.1) is 6.92 Å². The highest BCUT2D eigenvalue weighted by Gasteiger charge is 2.12. The van der Waals surface area contributed by atoms with E-state index in [1.54, 1.807) is 24.3 Å². The number of halogens is 1. The number of carbonyl (C=O) groups is 3. The fraction of sp³-hybridized carbons (Fsp3) is 0.286. The second-order valence-electron chi connectivity index (χ2n) is 6.11. The van der Waals surface area contributed by atoms with Gasteiger partial charge in [0.2, 0.25) is 0 Å². The molecule has 1 N–H and O–H groups in total. The molecule has 0 spiro atoms. The van der Waals surface area contributed by atoms with Gasteiger partial charge in [-0.25, -0.2) is 0 Å². The molecule has 0 unspecified atom stereocenters. The maximum Gasteiger partial charge on any atom is 0.306 e. The van der Waals surface area contributed by atoms with Crippen LogP contribution in [0.2, 0.25) is 5.02 Å². The second-order valence-corrected chi connectivity index (χ2v) is 6.54. The maximum atomic E-state index is 12.0. The van der Waals surface area contributed by atoms with E-state index in [0.29, 0.717) is 23.7 Å². The predicted octanol–water partition coefficient (Wildman–Crippen LogP) is 3.35. The molecule has 0 saturated carbocycles. The van der Waals surface area contributed by atoms with Gasteiger partial charge in [0.1, 0.15) is 12.4 Å². The molecule has 0 atom stereocenters. The van der Waals surface area contributed by atoms with E-state index in [-0.39, 0.29) is 18.6 Å². The number of rotatable bonds is 10. The number of aryl methyl sites for hydroxylation is 1. The van der Waals surface area contributed by atoms with Gasteiger partial charge in [-0.3, -0.25) is 14.4 Å². The summed E-state index contributed by atoms with van der Waals surface area (Å²) in [6, 6.07) is 14.0. The van der Waals surface area contributed by atoms with Crippen LogP contribution >= 0.6 is 11.6 Å². The molecule has 0 heterocycles. The number of hydrogen-bond acceptors (Lipinski definition) is 5. The zero-order valence-electron chi connectivity index (χ0n) is 15.6. The first-order valence-electron chi connectivity index (χ1n) is 8.84. The summed E-state index contributed by atoms with van der Waals surface area (Å²) in [6.45, 7) is 2.17. The van der Waals surface area contributed by atoms with Crippen molar-refractivity contribution in [3.8, 4) is 5.75 Å². The van der Waals surface area contributed by atoms with Gasteiger partial charge in [-0.15, -0.1) is 0 Å². The Morgan fingerprint density at radius 3 is 2.50 bits per heavy atom. The lowest BCUT2D eigenvalue weighted by atomic mass is 10.1. The summed E-state index contributed by atoms with van der Waals surface area (Å²) in [7, 11) is 0.